The standard InChI is InChI=1S/C16H28N2/c1-6-7-16(4,11-17)12-18(5)15-9-13(2)8-14(3)10-15/h8-10H,6-7,11-12,17H2,1-5H3. The molecular formula is C16H28N2. The number of aryl methyl sites for hydroxylation is 2. The molecule has 0 radical (unpaired) electrons. The molecule has 1 unspecified atom stereocenters. The first kappa shape index (κ1) is 15.0. The molecule has 0 heterocycles. The van der Waals surface area contributed by atoms with Gasteiger partial charge in [-0.25, -0.2) is 0 Å². The van der Waals surface area contributed by atoms with Crippen molar-refractivity contribution in [3.8, 4) is 0 Å². The molecule has 18 heavy (non-hydrogen) atoms. The highest BCUT2D eigenvalue weighted by Crippen LogP contribution is 2.26. The lowest BCUT2D eigenvalue weighted by Crippen LogP contribution is -2.39. The monoisotopic (exact) mass is 248 g/mol. The fraction of sp³-hybridized carbons (Fsp3) is 0.625. The number of hydrogen-bond donors (Lipinski definition) is 1. The van der Waals surface area contributed by atoms with Crippen LogP contribution in [0.25, 0.3) is 0 Å². The second-order valence-corrected chi connectivity index (χ2v) is 5.97. The molecule has 2 heteroatoms. The van der Waals surface area contributed by atoms with Crippen LogP contribution in [0.5, 0.6) is 0 Å². The van der Waals surface area contributed by atoms with Crippen LogP contribution in [0, 0.1) is 19.3 Å². The third-order valence-corrected chi connectivity index (χ3v) is 3.61. The maximum Gasteiger partial charge on any atom is 0.0369 e. The van der Waals surface area contributed by atoms with E-state index in [0.717, 1.165) is 13.1 Å². The highest BCUT2D eigenvalue weighted by molar-refractivity contribution is 5.50. The van der Waals surface area contributed by atoms with E-state index >= 15 is 0 Å². The van der Waals surface area contributed by atoms with Crippen molar-refractivity contribution in [2.45, 2.75) is 40.5 Å². The molecule has 0 aromatic heterocycles. The minimum absolute atomic E-state index is 0.209. The van der Waals surface area contributed by atoms with E-state index in [4.69, 9.17) is 5.73 Å². The summed E-state index contributed by atoms with van der Waals surface area (Å²) < 4.78 is 0. The van der Waals surface area contributed by atoms with Crippen LogP contribution in [0.4, 0.5) is 5.69 Å². The zero-order valence-corrected chi connectivity index (χ0v) is 12.6. The zero-order chi connectivity index (χ0) is 13.8. The number of nitrogens with zero attached hydrogens (tertiary/aromatic N) is 1. The van der Waals surface area contributed by atoms with Crippen molar-refractivity contribution in [1.29, 1.82) is 0 Å². The Bertz CT molecular complexity index is 366. The molecule has 0 bridgehead atoms. The van der Waals surface area contributed by atoms with Crippen LogP contribution in [-0.4, -0.2) is 20.1 Å². The van der Waals surface area contributed by atoms with E-state index in [1.54, 1.807) is 0 Å². The average Bonchev–Trinajstić information content (AvgIpc) is 2.28. The maximum atomic E-state index is 5.95. The van der Waals surface area contributed by atoms with Crippen LogP contribution < -0.4 is 10.6 Å². The van der Waals surface area contributed by atoms with Crippen molar-refractivity contribution in [2.24, 2.45) is 11.1 Å². The van der Waals surface area contributed by atoms with Gasteiger partial charge in [0, 0.05) is 19.3 Å². The predicted molar refractivity (Wildman–Crippen MR) is 81.3 cm³/mol. The quantitative estimate of drug-likeness (QED) is 0.835. The smallest absolute Gasteiger partial charge is 0.0369 e. The van der Waals surface area contributed by atoms with Gasteiger partial charge in [-0.05, 0) is 55.5 Å². The van der Waals surface area contributed by atoms with E-state index in [0.29, 0.717) is 0 Å². The molecule has 2 N–H and O–H groups in total. The van der Waals surface area contributed by atoms with Crippen molar-refractivity contribution >= 4 is 5.69 Å². The zero-order valence-electron chi connectivity index (χ0n) is 12.6. The third kappa shape index (κ3) is 4.02. The second kappa shape index (κ2) is 6.24. The number of nitrogens with two attached hydrogens (primary N) is 1. The maximum absolute atomic E-state index is 5.95. The molecule has 1 atom stereocenters. The summed E-state index contributed by atoms with van der Waals surface area (Å²) in [5, 5.41) is 0. The molecule has 0 saturated heterocycles. The summed E-state index contributed by atoms with van der Waals surface area (Å²) in [7, 11) is 2.16. The van der Waals surface area contributed by atoms with E-state index in [2.05, 4.69) is 57.8 Å². The topological polar surface area (TPSA) is 29.3 Å². The molecule has 0 aliphatic carbocycles. The van der Waals surface area contributed by atoms with Crippen LogP contribution in [0.3, 0.4) is 0 Å². The summed E-state index contributed by atoms with van der Waals surface area (Å²) in [6.45, 7) is 10.6. The van der Waals surface area contributed by atoms with Crippen LogP contribution in [0.2, 0.25) is 0 Å². The van der Waals surface area contributed by atoms with Gasteiger partial charge in [-0.1, -0.05) is 26.3 Å². The molecule has 1 rings (SSSR count). The lowest BCUT2D eigenvalue weighted by molar-refractivity contribution is 0.312. The highest BCUT2D eigenvalue weighted by Gasteiger charge is 2.23. The van der Waals surface area contributed by atoms with Gasteiger partial charge in [0.25, 0.3) is 0 Å². The summed E-state index contributed by atoms with van der Waals surface area (Å²) in [5.74, 6) is 0. The minimum Gasteiger partial charge on any atom is -0.374 e. The van der Waals surface area contributed by atoms with Gasteiger partial charge in [-0.2, -0.15) is 0 Å². The Labute approximate surface area is 112 Å². The number of anilines is 1. The highest BCUT2D eigenvalue weighted by atomic mass is 15.1. The molecule has 102 valence electrons. The van der Waals surface area contributed by atoms with Crippen molar-refractivity contribution in [1.82, 2.24) is 0 Å². The van der Waals surface area contributed by atoms with Gasteiger partial charge >= 0.3 is 0 Å². The molecule has 0 amide bonds. The van der Waals surface area contributed by atoms with Gasteiger partial charge in [0.15, 0.2) is 0 Å². The first-order chi connectivity index (χ1) is 8.40. The van der Waals surface area contributed by atoms with Gasteiger partial charge < -0.3 is 10.6 Å². The Kier molecular flexibility index (Phi) is 5.21. The Hall–Kier alpha value is -1.02. The largest absolute Gasteiger partial charge is 0.374 e. The lowest BCUT2D eigenvalue weighted by Gasteiger charge is -2.34. The predicted octanol–water partition coefficient (Wildman–Crippen LogP) is 3.50. The normalized spacial score (nSPS) is 14.3. The molecular weight excluding hydrogens is 220 g/mol. The number of benzene rings is 1. The first-order valence-corrected chi connectivity index (χ1v) is 6.90. The molecule has 0 saturated carbocycles. The van der Waals surface area contributed by atoms with Crippen molar-refractivity contribution in [3.05, 3.63) is 29.3 Å². The van der Waals surface area contributed by atoms with Crippen LogP contribution >= 0.6 is 0 Å². The van der Waals surface area contributed by atoms with E-state index in [-0.39, 0.29) is 5.41 Å². The molecule has 1 aromatic rings. The van der Waals surface area contributed by atoms with Gasteiger partial charge in [0.05, 0.1) is 0 Å². The fourth-order valence-corrected chi connectivity index (χ4v) is 2.68. The number of rotatable bonds is 6. The van der Waals surface area contributed by atoms with E-state index in [1.165, 1.54) is 29.7 Å². The third-order valence-electron chi connectivity index (χ3n) is 3.61. The SMILES string of the molecule is CCCC(C)(CN)CN(C)c1cc(C)cc(C)c1. The summed E-state index contributed by atoms with van der Waals surface area (Å²) in [6.07, 6.45) is 2.37. The van der Waals surface area contributed by atoms with Gasteiger partial charge in [0.1, 0.15) is 0 Å². The van der Waals surface area contributed by atoms with Crippen molar-refractivity contribution < 1.29 is 0 Å². The number of hydrogen-bond acceptors (Lipinski definition) is 2. The van der Waals surface area contributed by atoms with Crippen LogP contribution in [-0.2, 0) is 0 Å². The van der Waals surface area contributed by atoms with Crippen LogP contribution in [0.1, 0.15) is 37.8 Å². The first-order valence-electron chi connectivity index (χ1n) is 6.90. The van der Waals surface area contributed by atoms with Crippen molar-refractivity contribution in [3.63, 3.8) is 0 Å². The van der Waals surface area contributed by atoms with Crippen molar-refractivity contribution in [2.75, 3.05) is 25.0 Å². The van der Waals surface area contributed by atoms with E-state index in [1.807, 2.05) is 0 Å². The molecule has 0 fully saturated rings. The van der Waals surface area contributed by atoms with Crippen LogP contribution in [0.15, 0.2) is 18.2 Å². The van der Waals surface area contributed by atoms with E-state index < -0.39 is 0 Å². The van der Waals surface area contributed by atoms with Gasteiger partial charge in [-0.3, -0.25) is 0 Å². The summed E-state index contributed by atoms with van der Waals surface area (Å²) in [5.41, 5.74) is 10.1. The minimum atomic E-state index is 0.209. The average molecular weight is 248 g/mol. The summed E-state index contributed by atoms with van der Waals surface area (Å²) >= 11 is 0. The molecule has 0 spiro atoms. The molecule has 1 aromatic carbocycles. The Balaban J connectivity index is 2.83. The Morgan fingerprint density at radius 2 is 1.72 bits per heavy atom. The summed E-state index contributed by atoms with van der Waals surface area (Å²) in [4.78, 5) is 2.34. The van der Waals surface area contributed by atoms with E-state index in [9.17, 15) is 0 Å². The lowest BCUT2D eigenvalue weighted by atomic mass is 9.85. The fourth-order valence-electron chi connectivity index (χ4n) is 2.68. The Morgan fingerprint density at radius 3 is 2.17 bits per heavy atom. The Morgan fingerprint density at radius 1 is 1.17 bits per heavy atom. The van der Waals surface area contributed by atoms with Gasteiger partial charge in [-0.15, -0.1) is 0 Å². The molecule has 0 aliphatic heterocycles. The second-order valence-electron chi connectivity index (χ2n) is 5.97. The van der Waals surface area contributed by atoms with Gasteiger partial charge in [0.2, 0.25) is 0 Å². The molecule has 2 nitrogen and oxygen atoms in total. The molecule has 0 aliphatic rings. The summed E-state index contributed by atoms with van der Waals surface area (Å²) in [6, 6.07) is 6.71.